The molecule has 0 saturated carbocycles. The van der Waals surface area contributed by atoms with Gasteiger partial charge in [-0.25, -0.2) is 13.4 Å². The summed E-state index contributed by atoms with van der Waals surface area (Å²) in [6.45, 7) is 5.53. The van der Waals surface area contributed by atoms with Crippen LogP contribution in [0.4, 0.5) is 17.5 Å². The molecule has 1 N–H and O–H groups in total. The molecule has 3 aromatic rings. The lowest BCUT2D eigenvalue weighted by Gasteiger charge is -2.34. The van der Waals surface area contributed by atoms with E-state index in [1.165, 1.54) is 4.31 Å². The Balaban J connectivity index is 1.47. The van der Waals surface area contributed by atoms with Gasteiger partial charge in [0.15, 0.2) is 0 Å². The second kappa shape index (κ2) is 9.13. The van der Waals surface area contributed by atoms with Crippen LogP contribution in [0.2, 0.25) is 0 Å². The smallest absolute Gasteiger partial charge is 0.243 e. The van der Waals surface area contributed by atoms with Crippen LogP contribution in [0.5, 0.6) is 5.75 Å². The first-order chi connectivity index (χ1) is 15.4. The number of ether oxygens (including phenoxy) is 1. The highest BCUT2D eigenvalue weighted by Gasteiger charge is 2.30. The summed E-state index contributed by atoms with van der Waals surface area (Å²) in [6, 6.07) is 16.7. The minimum absolute atomic E-state index is 0.283. The minimum Gasteiger partial charge on any atom is -0.496 e. The average Bonchev–Trinajstić information content (AvgIpc) is 2.79. The Morgan fingerprint density at radius 3 is 2.31 bits per heavy atom. The third-order valence-electron chi connectivity index (χ3n) is 5.41. The van der Waals surface area contributed by atoms with Crippen LogP contribution in [0.3, 0.4) is 0 Å². The first-order valence-electron chi connectivity index (χ1n) is 10.4. The molecule has 0 unspecified atom stereocenters. The predicted octanol–water partition coefficient (Wildman–Crippen LogP) is 3.36. The van der Waals surface area contributed by atoms with Crippen molar-refractivity contribution in [2.24, 2.45) is 0 Å². The van der Waals surface area contributed by atoms with Crippen molar-refractivity contribution >= 4 is 27.5 Å². The summed E-state index contributed by atoms with van der Waals surface area (Å²) >= 11 is 0. The molecule has 1 fully saturated rings. The normalized spacial score (nSPS) is 14.9. The number of hydrogen-bond acceptors (Lipinski definition) is 7. The number of para-hydroxylation sites is 1. The second-order valence-corrected chi connectivity index (χ2v) is 9.65. The monoisotopic (exact) mass is 453 g/mol. The summed E-state index contributed by atoms with van der Waals surface area (Å²) in [7, 11) is -2.00. The molecule has 4 rings (SSSR count). The van der Waals surface area contributed by atoms with Gasteiger partial charge in [-0.1, -0.05) is 18.2 Å². The van der Waals surface area contributed by atoms with E-state index in [-0.39, 0.29) is 4.90 Å². The van der Waals surface area contributed by atoms with Gasteiger partial charge in [0.1, 0.15) is 11.6 Å². The van der Waals surface area contributed by atoms with E-state index in [1.54, 1.807) is 25.3 Å². The van der Waals surface area contributed by atoms with Crippen molar-refractivity contribution in [3.8, 4) is 5.75 Å². The highest BCUT2D eigenvalue weighted by molar-refractivity contribution is 7.89. The zero-order valence-electron chi connectivity index (χ0n) is 18.4. The molecule has 8 nitrogen and oxygen atoms in total. The number of piperazine rings is 1. The number of nitrogens with zero attached hydrogens (tertiary/aromatic N) is 4. The molecule has 0 aliphatic carbocycles. The summed E-state index contributed by atoms with van der Waals surface area (Å²) in [4.78, 5) is 11.5. The fraction of sp³-hybridized carbons (Fsp3) is 0.304. The first-order valence-corrected chi connectivity index (χ1v) is 11.9. The molecule has 1 aromatic heterocycles. The van der Waals surface area contributed by atoms with E-state index in [9.17, 15) is 8.42 Å². The van der Waals surface area contributed by atoms with E-state index < -0.39 is 10.0 Å². The fourth-order valence-corrected chi connectivity index (χ4v) is 5.22. The number of nitrogens with one attached hydrogen (secondary N) is 1. The number of methoxy groups -OCH3 is 1. The van der Waals surface area contributed by atoms with Crippen LogP contribution in [0.1, 0.15) is 11.3 Å². The van der Waals surface area contributed by atoms with Gasteiger partial charge in [-0.05, 0) is 49.7 Å². The van der Waals surface area contributed by atoms with Gasteiger partial charge in [-0.3, -0.25) is 0 Å². The van der Waals surface area contributed by atoms with E-state index in [0.717, 1.165) is 16.9 Å². The van der Waals surface area contributed by atoms with Crippen LogP contribution in [-0.4, -0.2) is 56.0 Å². The average molecular weight is 454 g/mol. The maximum Gasteiger partial charge on any atom is 0.243 e. The van der Waals surface area contributed by atoms with Gasteiger partial charge in [0.2, 0.25) is 16.0 Å². The van der Waals surface area contributed by atoms with Crippen LogP contribution in [0.25, 0.3) is 0 Å². The summed E-state index contributed by atoms with van der Waals surface area (Å²) in [5.41, 5.74) is 2.58. The Morgan fingerprint density at radius 2 is 1.66 bits per heavy atom. The van der Waals surface area contributed by atoms with Gasteiger partial charge in [-0.2, -0.15) is 9.29 Å². The molecule has 1 aliphatic rings. The van der Waals surface area contributed by atoms with E-state index >= 15 is 0 Å². The van der Waals surface area contributed by atoms with Gasteiger partial charge < -0.3 is 15.0 Å². The Bertz CT molecular complexity index is 1190. The number of anilines is 3. The van der Waals surface area contributed by atoms with Crippen LogP contribution in [0, 0.1) is 13.8 Å². The van der Waals surface area contributed by atoms with Crippen LogP contribution in [-0.2, 0) is 10.0 Å². The summed E-state index contributed by atoms with van der Waals surface area (Å²) in [5.74, 6) is 1.98. The lowest BCUT2D eigenvalue weighted by Crippen LogP contribution is -2.49. The van der Waals surface area contributed by atoms with Gasteiger partial charge in [0.05, 0.1) is 12.0 Å². The molecule has 1 saturated heterocycles. The van der Waals surface area contributed by atoms with Crippen molar-refractivity contribution in [3.05, 3.63) is 65.9 Å². The Hall–Kier alpha value is -3.17. The summed E-state index contributed by atoms with van der Waals surface area (Å²) < 4.78 is 33.0. The zero-order chi connectivity index (χ0) is 22.7. The molecular weight excluding hydrogens is 426 g/mol. The molecular formula is C23H27N5O3S. The summed E-state index contributed by atoms with van der Waals surface area (Å²) in [5, 5.41) is 3.30. The number of aryl methyl sites for hydroxylation is 2. The van der Waals surface area contributed by atoms with Gasteiger partial charge in [0.25, 0.3) is 0 Å². The Kier molecular flexibility index (Phi) is 6.29. The molecule has 9 heteroatoms. The number of hydrogen-bond donors (Lipinski definition) is 1. The van der Waals surface area contributed by atoms with Crippen molar-refractivity contribution in [2.45, 2.75) is 18.7 Å². The molecule has 0 bridgehead atoms. The second-order valence-electron chi connectivity index (χ2n) is 7.71. The highest BCUT2D eigenvalue weighted by atomic mass is 32.2. The molecule has 1 aliphatic heterocycles. The molecule has 168 valence electrons. The van der Waals surface area contributed by atoms with E-state index in [4.69, 9.17) is 4.74 Å². The standard InChI is InChI=1S/C23H27N5O3S/c1-17-15-20(9-10-21(17)31-3)32(29,30)28-13-11-27(12-14-28)23-24-18(2)16-22(26-23)25-19-7-5-4-6-8-19/h4-10,15-16H,11-14H2,1-3H3,(H,24,25,26). The number of rotatable bonds is 6. The van der Waals surface area contributed by atoms with Gasteiger partial charge >= 0.3 is 0 Å². The Morgan fingerprint density at radius 1 is 0.938 bits per heavy atom. The lowest BCUT2D eigenvalue weighted by atomic mass is 10.2. The van der Waals surface area contributed by atoms with E-state index in [1.807, 2.05) is 55.1 Å². The third-order valence-corrected chi connectivity index (χ3v) is 7.31. The molecule has 2 heterocycles. The lowest BCUT2D eigenvalue weighted by molar-refractivity contribution is 0.382. The molecule has 0 amide bonds. The van der Waals surface area contributed by atoms with Crippen molar-refractivity contribution in [3.63, 3.8) is 0 Å². The van der Waals surface area contributed by atoms with E-state index in [0.29, 0.717) is 43.7 Å². The molecule has 32 heavy (non-hydrogen) atoms. The minimum atomic E-state index is -3.57. The topological polar surface area (TPSA) is 87.7 Å². The summed E-state index contributed by atoms with van der Waals surface area (Å²) in [6.07, 6.45) is 0. The largest absolute Gasteiger partial charge is 0.496 e. The molecule has 2 aromatic carbocycles. The van der Waals surface area contributed by atoms with Crippen molar-refractivity contribution < 1.29 is 13.2 Å². The maximum atomic E-state index is 13.1. The maximum absolute atomic E-state index is 13.1. The van der Waals surface area contributed by atoms with Gasteiger partial charge in [-0.15, -0.1) is 0 Å². The SMILES string of the molecule is COc1ccc(S(=O)(=O)N2CCN(c3nc(C)cc(Nc4ccccc4)n3)CC2)cc1C. The number of benzene rings is 2. The van der Waals surface area contributed by atoms with Gasteiger partial charge in [0, 0.05) is 43.6 Å². The van der Waals surface area contributed by atoms with Crippen LogP contribution in [0.15, 0.2) is 59.5 Å². The predicted molar refractivity (Wildman–Crippen MR) is 125 cm³/mol. The molecule has 0 spiro atoms. The third kappa shape index (κ3) is 4.68. The number of sulfonamides is 1. The quantitative estimate of drug-likeness (QED) is 0.612. The van der Waals surface area contributed by atoms with Crippen molar-refractivity contribution in [1.82, 2.24) is 14.3 Å². The van der Waals surface area contributed by atoms with Crippen LogP contribution >= 0.6 is 0 Å². The van der Waals surface area contributed by atoms with Crippen molar-refractivity contribution in [1.29, 1.82) is 0 Å². The first kappa shape index (κ1) is 22.0. The van der Waals surface area contributed by atoms with Crippen LogP contribution < -0.4 is 15.0 Å². The molecule has 0 atom stereocenters. The Labute approximate surface area is 188 Å². The highest BCUT2D eigenvalue weighted by Crippen LogP contribution is 2.25. The zero-order valence-corrected chi connectivity index (χ0v) is 19.3. The molecule has 0 radical (unpaired) electrons. The fourth-order valence-electron chi connectivity index (χ4n) is 3.72. The number of aromatic nitrogens is 2. The van der Waals surface area contributed by atoms with Crippen molar-refractivity contribution in [2.75, 3.05) is 43.5 Å². The van der Waals surface area contributed by atoms with E-state index in [2.05, 4.69) is 15.3 Å².